The highest BCUT2D eigenvalue weighted by Crippen LogP contribution is 1.94. The van der Waals surface area contributed by atoms with E-state index < -0.39 is 6.10 Å². The Labute approximate surface area is 49.5 Å². The third kappa shape index (κ3) is 3.68. The molecule has 0 amide bonds. The summed E-state index contributed by atoms with van der Waals surface area (Å²) in [5.74, 6) is 0.180. The summed E-state index contributed by atoms with van der Waals surface area (Å²) < 4.78 is 0. The van der Waals surface area contributed by atoms with E-state index in [0.29, 0.717) is 6.42 Å². The topological polar surface area (TPSA) is 40.5 Å². The van der Waals surface area contributed by atoms with Crippen LogP contribution in [-0.4, -0.2) is 16.3 Å². The second-order valence-electron chi connectivity index (χ2n) is 1.78. The number of aliphatic hydroxyl groups is 2. The highest BCUT2D eigenvalue weighted by atomic mass is 16.3. The van der Waals surface area contributed by atoms with Crippen molar-refractivity contribution in [2.45, 2.75) is 26.4 Å². The van der Waals surface area contributed by atoms with Crippen molar-refractivity contribution in [3.05, 3.63) is 11.8 Å². The summed E-state index contributed by atoms with van der Waals surface area (Å²) in [4.78, 5) is 0. The fourth-order valence-corrected chi connectivity index (χ4v) is 0.396. The van der Waals surface area contributed by atoms with Crippen molar-refractivity contribution in [1.29, 1.82) is 0 Å². The van der Waals surface area contributed by atoms with Crippen LogP contribution in [0.15, 0.2) is 11.8 Å². The molecule has 0 aliphatic rings. The van der Waals surface area contributed by atoms with Gasteiger partial charge in [0.15, 0.2) is 0 Å². The summed E-state index contributed by atoms with van der Waals surface area (Å²) in [6, 6.07) is 0. The van der Waals surface area contributed by atoms with E-state index in [1.165, 1.54) is 6.08 Å². The first-order chi connectivity index (χ1) is 3.66. The SMILES string of the molecule is CCC(O)/C=C(/C)O. The van der Waals surface area contributed by atoms with Crippen LogP contribution in [0.5, 0.6) is 0 Å². The number of rotatable bonds is 2. The van der Waals surface area contributed by atoms with Crippen LogP contribution in [0.3, 0.4) is 0 Å². The zero-order valence-electron chi connectivity index (χ0n) is 5.26. The van der Waals surface area contributed by atoms with Gasteiger partial charge in [0.2, 0.25) is 0 Å². The second-order valence-corrected chi connectivity index (χ2v) is 1.78. The monoisotopic (exact) mass is 116 g/mol. The van der Waals surface area contributed by atoms with Gasteiger partial charge in [0.25, 0.3) is 0 Å². The molecule has 0 radical (unpaired) electrons. The lowest BCUT2D eigenvalue weighted by Crippen LogP contribution is -1.99. The van der Waals surface area contributed by atoms with Crippen molar-refractivity contribution < 1.29 is 10.2 Å². The van der Waals surface area contributed by atoms with Crippen LogP contribution < -0.4 is 0 Å². The molecule has 0 heterocycles. The first-order valence-electron chi connectivity index (χ1n) is 2.72. The van der Waals surface area contributed by atoms with E-state index in [0.717, 1.165) is 0 Å². The minimum absolute atomic E-state index is 0.180. The maximum absolute atomic E-state index is 8.79. The third-order valence-electron chi connectivity index (χ3n) is 0.852. The normalized spacial score (nSPS) is 16.1. The van der Waals surface area contributed by atoms with Crippen molar-refractivity contribution in [2.24, 2.45) is 0 Å². The van der Waals surface area contributed by atoms with E-state index >= 15 is 0 Å². The molecule has 2 N–H and O–H groups in total. The van der Waals surface area contributed by atoms with Crippen molar-refractivity contribution >= 4 is 0 Å². The summed E-state index contributed by atoms with van der Waals surface area (Å²) in [5.41, 5.74) is 0. The number of aliphatic hydroxyl groups excluding tert-OH is 2. The molecule has 0 aliphatic carbocycles. The van der Waals surface area contributed by atoms with Gasteiger partial charge in [-0.3, -0.25) is 0 Å². The molecule has 0 aliphatic heterocycles. The van der Waals surface area contributed by atoms with Crippen LogP contribution in [0, 0.1) is 0 Å². The van der Waals surface area contributed by atoms with Crippen LogP contribution in [-0.2, 0) is 0 Å². The van der Waals surface area contributed by atoms with Crippen LogP contribution >= 0.6 is 0 Å². The highest BCUT2D eigenvalue weighted by Gasteiger charge is 1.93. The molecule has 0 aromatic heterocycles. The van der Waals surface area contributed by atoms with Gasteiger partial charge >= 0.3 is 0 Å². The summed E-state index contributed by atoms with van der Waals surface area (Å²) in [7, 11) is 0. The van der Waals surface area contributed by atoms with E-state index in [2.05, 4.69) is 0 Å². The van der Waals surface area contributed by atoms with Crippen molar-refractivity contribution in [1.82, 2.24) is 0 Å². The van der Waals surface area contributed by atoms with Crippen molar-refractivity contribution in [2.75, 3.05) is 0 Å². The van der Waals surface area contributed by atoms with E-state index in [1.54, 1.807) is 6.92 Å². The molecular formula is C6H12O2. The fourth-order valence-electron chi connectivity index (χ4n) is 0.396. The Bertz CT molecular complexity index is 82.5. The molecule has 0 saturated heterocycles. The Morgan fingerprint density at radius 3 is 2.38 bits per heavy atom. The van der Waals surface area contributed by atoms with Gasteiger partial charge < -0.3 is 10.2 Å². The lowest BCUT2D eigenvalue weighted by Gasteiger charge is -1.98. The van der Waals surface area contributed by atoms with Gasteiger partial charge in [-0.2, -0.15) is 0 Å². The molecule has 1 atom stereocenters. The Kier molecular flexibility index (Phi) is 3.28. The zero-order chi connectivity index (χ0) is 6.57. The Balaban J connectivity index is 3.51. The fraction of sp³-hybridized carbons (Fsp3) is 0.667. The minimum atomic E-state index is -0.486. The largest absolute Gasteiger partial charge is 0.513 e. The Hall–Kier alpha value is -0.500. The molecule has 0 spiro atoms. The molecule has 48 valence electrons. The summed E-state index contributed by atoms with van der Waals surface area (Å²) in [6.07, 6.45) is 1.58. The zero-order valence-corrected chi connectivity index (χ0v) is 5.26. The molecule has 0 aromatic rings. The molecular weight excluding hydrogens is 104 g/mol. The van der Waals surface area contributed by atoms with Gasteiger partial charge in [-0.05, 0) is 19.4 Å². The van der Waals surface area contributed by atoms with E-state index in [1.807, 2.05) is 6.92 Å². The Morgan fingerprint density at radius 1 is 1.75 bits per heavy atom. The highest BCUT2D eigenvalue weighted by molar-refractivity contribution is 4.91. The predicted molar refractivity (Wildman–Crippen MR) is 32.7 cm³/mol. The minimum Gasteiger partial charge on any atom is -0.513 e. The molecule has 8 heavy (non-hydrogen) atoms. The average molecular weight is 116 g/mol. The third-order valence-corrected chi connectivity index (χ3v) is 0.852. The van der Waals surface area contributed by atoms with E-state index in [9.17, 15) is 0 Å². The predicted octanol–water partition coefficient (Wildman–Crippen LogP) is 1.22. The van der Waals surface area contributed by atoms with Gasteiger partial charge in [-0.15, -0.1) is 0 Å². The van der Waals surface area contributed by atoms with Gasteiger partial charge in [0.05, 0.1) is 11.9 Å². The molecule has 0 bridgehead atoms. The molecule has 0 saturated carbocycles. The lowest BCUT2D eigenvalue weighted by atomic mass is 10.2. The van der Waals surface area contributed by atoms with Crippen molar-refractivity contribution in [3.63, 3.8) is 0 Å². The molecule has 0 rings (SSSR count). The lowest BCUT2D eigenvalue weighted by molar-refractivity contribution is 0.213. The molecule has 1 unspecified atom stereocenters. The molecule has 0 aromatic carbocycles. The van der Waals surface area contributed by atoms with Gasteiger partial charge in [-0.25, -0.2) is 0 Å². The smallest absolute Gasteiger partial charge is 0.0877 e. The first-order valence-corrected chi connectivity index (χ1v) is 2.72. The molecule has 0 fully saturated rings. The summed E-state index contributed by atoms with van der Waals surface area (Å²) in [6.45, 7) is 3.39. The summed E-state index contributed by atoms with van der Waals surface area (Å²) >= 11 is 0. The standard InChI is InChI=1S/C6H12O2/c1-3-6(8)4-5(2)7/h4,6-8H,3H2,1-2H3/b5-4-. The maximum atomic E-state index is 8.79. The van der Waals surface area contributed by atoms with Crippen LogP contribution in [0.25, 0.3) is 0 Å². The number of hydrogen-bond donors (Lipinski definition) is 2. The average Bonchev–Trinajstić information content (AvgIpc) is 1.65. The van der Waals surface area contributed by atoms with Gasteiger partial charge in [0.1, 0.15) is 0 Å². The van der Waals surface area contributed by atoms with E-state index in [4.69, 9.17) is 10.2 Å². The second kappa shape index (κ2) is 3.50. The van der Waals surface area contributed by atoms with Gasteiger partial charge in [-0.1, -0.05) is 6.92 Å². The molecule has 2 nitrogen and oxygen atoms in total. The van der Waals surface area contributed by atoms with Crippen LogP contribution in [0.4, 0.5) is 0 Å². The quantitative estimate of drug-likeness (QED) is 0.532. The summed E-state index contributed by atoms with van der Waals surface area (Å²) in [5, 5.41) is 17.3. The number of allylic oxidation sites excluding steroid dienone is 1. The van der Waals surface area contributed by atoms with Gasteiger partial charge in [0, 0.05) is 0 Å². The number of hydrogen-bond acceptors (Lipinski definition) is 2. The van der Waals surface area contributed by atoms with Crippen LogP contribution in [0.2, 0.25) is 0 Å². The molecule has 2 heteroatoms. The van der Waals surface area contributed by atoms with Crippen LogP contribution in [0.1, 0.15) is 20.3 Å². The van der Waals surface area contributed by atoms with Crippen molar-refractivity contribution in [3.8, 4) is 0 Å². The van der Waals surface area contributed by atoms with E-state index in [-0.39, 0.29) is 5.76 Å². The first kappa shape index (κ1) is 7.50. The maximum Gasteiger partial charge on any atom is 0.0877 e. The Morgan fingerprint density at radius 2 is 2.25 bits per heavy atom.